The Morgan fingerprint density at radius 2 is 1.33 bits per heavy atom. The summed E-state index contributed by atoms with van der Waals surface area (Å²) >= 11 is 0. The van der Waals surface area contributed by atoms with Crippen molar-refractivity contribution in [3.63, 3.8) is 0 Å². The summed E-state index contributed by atoms with van der Waals surface area (Å²) in [6.45, 7) is 3.31. The van der Waals surface area contributed by atoms with Crippen LogP contribution in [0.15, 0.2) is 84.9 Å². The lowest BCUT2D eigenvalue weighted by Gasteiger charge is -2.40. The van der Waals surface area contributed by atoms with Crippen LogP contribution in [0.1, 0.15) is 41.3 Å². The van der Waals surface area contributed by atoms with Crippen molar-refractivity contribution in [3.8, 4) is 0 Å². The van der Waals surface area contributed by atoms with Crippen LogP contribution < -0.4 is 5.32 Å². The van der Waals surface area contributed by atoms with E-state index in [9.17, 15) is 14.4 Å². The minimum absolute atomic E-state index is 0.0471. The fourth-order valence-electron chi connectivity index (χ4n) is 4.56. The van der Waals surface area contributed by atoms with Crippen molar-refractivity contribution in [1.82, 2.24) is 4.90 Å². The number of hydrogen-bond donors (Lipinski definition) is 1. The SMILES string of the molecule is CC(=O)C1(c2ccccc2)CCN(CC(=O)Nc2ccc(C(=O)c3ccccc3)cc2)CC1. The number of anilines is 1. The molecule has 0 saturated carbocycles. The van der Waals surface area contributed by atoms with Gasteiger partial charge in [-0.2, -0.15) is 0 Å². The van der Waals surface area contributed by atoms with E-state index in [1.165, 1.54) is 0 Å². The summed E-state index contributed by atoms with van der Waals surface area (Å²) in [4.78, 5) is 39.8. The minimum Gasteiger partial charge on any atom is -0.325 e. The van der Waals surface area contributed by atoms with Crippen molar-refractivity contribution in [1.29, 1.82) is 0 Å². The molecule has 0 aromatic heterocycles. The number of carbonyl (C=O) groups excluding carboxylic acids is 3. The van der Waals surface area contributed by atoms with Gasteiger partial charge < -0.3 is 5.32 Å². The average molecular weight is 441 g/mol. The van der Waals surface area contributed by atoms with Gasteiger partial charge in [0.25, 0.3) is 0 Å². The molecule has 168 valence electrons. The summed E-state index contributed by atoms with van der Waals surface area (Å²) < 4.78 is 0. The van der Waals surface area contributed by atoms with E-state index in [0.717, 1.165) is 5.56 Å². The predicted octanol–water partition coefficient (Wildman–Crippen LogP) is 4.48. The fourth-order valence-corrected chi connectivity index (χ4v) is 4.56. The number of nitrogens with one attached hydrogen (secondary N) is 1. The van der Waals surface area contributed by atoms with E-state index >= 15 is 0 Å². The molecule has 1 saturated heterocycles. The van der Waals surface area contributed by atoms with Crippen LogP contribution in [0.25, 0.3) is 0 Å². The Balaban J connectivity index is 1.32. The van der Waals surface area contributed by atoms with Gasteiger partial charge in [0.1, 0.15) is 5.78 Å². The molecule has 5 heteroatoms. The standard InChI is InChI=1S/C28H28N2O3/c1-21(31)28(24-10-6-3-7-11-24)16-18-30(19-17-28)20-26(32)29-25-14-12-23(13-15-25)27(33)22-8-4-2-5-9-22/h2-15H,16-20H2,1H3,(H,29,32). The summed E-state index contributed by atoms with van der Waals surface area (Å²) in [6.07, 6.45) is 1.41. The number of rotatable bonds is 7. The van der Waals surface area contributed by atoms with E-state index in [1.807, 2.05) is 48.5 Å². The molecule has 1 fully saturated rings. The second kappa shape index (κ2) is 9.92. The van der Waals surface area contributed by atoms with Gasteiger partial charge in [-0.25, -0.2) is 0 Å². The van der Waals surface area contributed by atoms with E-state index in [1.54, 1.807) is 43.3 Å². The lowest BCUT2D eigenvalue weighted by Crippen LogP contribution is -2.48. The summed E-state index contributed by atoms with van der Waals surface area (Å²) in [6, 6.07) is 26.0. The molecular formula is C28H28N2O3. The molecule has 0 bridgehead atoms. The first-order chi connectivity index (χ1) is 16.0. The van der Waals surface area contributed by atoms with E-state index in [-0.39, 0.29) is 24.0 Å². The molecule has 0 unspecified atom stereocenters. The van der Waals surface area contributed by atoms with Gasteiger partial charge in [0.15, 0.2) is 5.78 Å². The second-order valence-corrected chi connectivity index (χ2v) is 8.60. The van der Waals surface area contributed by atoms with Crippen molar-refractivity contribution in [3.05, 3.63) is 102 Å². The molecule has 33 heavy (non-hydrogen) atoms. The van der Waals surface area contributed by atoms with Gasteiger partial charge in [-0.3, -0.25) is 19.3 Å². The predicted molar refractivity (Wildman–Crippen MR) is 129 cm³/mol. The Kier molecular flexibility index (Phi) is 6.80. The number of nitrogens with zero attached hydrogens (tertiary/aromatic N) is 1. The van der Waals surface area contributed by atoms with Crippen LogP contribution in [-0.4, -0.2) is 42.0 Å². The van der Waals surface area contributed by atoms with E-state index in [2.05, 4.69) is 10.2 Å². The molecule has 5 nitrogen and oxygen atoms in total. The normalized spacial score (nSPS) is 15.5. The lowest BCUT2D eigenvalue weighted by molar-refractivity contribution is -0.124. The Bertz CT molecular complexity index is 1120. The highest BCUT2D eigenvalue weighted by atomic mass is 16.2. The Labute approximate surface area is 194 Å². The smallest absolute Gasteiger partial charge is 0.238 e. The molecule has 3 aromatic carbocycles. The molecule has 0 spiro atoms. The third-order valence-electron chi connectivity index (χ3n) is 6.54. The molecule has 4 rings (SSSR count). The zero-order chi connectivity index (χ0) is 23.3. The summed E-state index contributed by atoms with van der Waals surface area (Å²) in [7, 11) is 0. The molecule has 0 aliphatic carbocycles. The van der Waals surface area contributed by atoms with E-state index < -0.39 is 5.41 Å². The van der Waals surface area contributed by atoms with Gasteiger partial charge in [0.05, 0.1) is 12.0 Å². The fraction of sp³-hybridized carbons (Fsp3) is 0.250. The van der Waals surface area contributed by atoms with Crippen molar-refractivity contribution in [2.45, 2.75) is 25.2 Å². The number of piperidine rings is 1. The van der Waals surface area contributed by atoms with Crippen molar-refractivity contribution in [2.75, 3.05) is 25.0 Å². The summed E-state index contributed by atoms with van der Waals surface area (Å²) in [5, 5.41) is 2.91. The summed E-state index contributed by atoms with van der Waals surface area (Å²) in [5.41, 5.74) is 2.47. The molecule has 0 radical (unpaired) electrons. The van der Waals surface area contributed by atoms with Crippen molar-refractivity contribution in [2.24, 2.45) is 0 Å². The quantitative estimate of drug-likeness (QED) is 0.550. The van der Waals surface area contributed by atoms with Gasteiger partial charge >= 0.3 is 0 Å². The monoisotopic (exact) mass is 440 g/mol. The maximum absolute atomic E-state index is 12.6. The van der Waals surface area contributed by atoms with Crippen LogP contribution in [0.2, 0.25) is 0 Å². The first kappa shape index (κ1) is 22.6. The Morgan fingerprint density at radius 3 is 1.91 bits per heavy atom. The molecular weight excluding hydrogens is 412 g/mol. The van der Waals surface area contributed by atoms with Crippen LogP contribution in [0.5, 0.6) is 0 Å². The summed E-state index contributed by atoms with van der Waals surface area (Å²) in [5.74, 6) is 0.0317. The first-order valence-electron chi connectivity index (χ1n) is 11.3. The largest absolute Gasteiger partial charge is 0.325 e. The van der Waals surface area contributed by atoms with Gasteiger partial charge in [-0.05, 0) is 62.7 Å². The maximum atomic E-state index is 12.6. The minimum atomic E-state index is -0.463. The number of Topliss-reactive ketones (excluding diaryl/α,β-unsaturated/α-hetero) is 1. The molecule has 1 aliphatic rings. The first-order valence-corrected chi connectivity index (χ1v) is 11.3. The topological polar surface area (TPSA) is 66.5 Å². The number of likely N-dealkylation sites (tertiary alicyclic amines) is 1. The third kappa shape index (κ3) is 5.10. The van der Waals surface area contributed by atoms with Crippen LogP contribution in [0, 0.1) is 0 Å². The van der Waals surface area contributed by atoms with E-state index in [0.29, 0.717) is 42.7 Å². The molecule has 1 heterocycles. The van der Waals surface area contributed by atoms with Crippen LogP contribution >= 0.6 is 0 Å². The molecule has 3 aromatic rings. The lowest BCUT2D eigenvalue weighted by atomic mass is 9.70. The van der Waals surface area contributed by atoms with E-state index in [4.69, 9.17) is 0 Å². The molecule has 1 aliphatic heterocycles. The molecule has 0 atom stereocenters. The molecule has 1 amide bonds. The van der Waals surface area contributed by atoms with Crippen LogP contribution in [0.3, 0.4) is 0 Å². The van der Waals surface area contributed by atoms with Crippen molar-refractivity contribution >= 4 is 23.2 Å². The van der Waals surface area contributed by atoms with Gasteiger partial charge in [0, 0.05) is 16.8 Å². The number of benzene rings is 3. The highest BCUT2D eigenvalue weighted by Crippen LogP contribution is 2.36. The number of carbonyl (C=O) groups is 3. The van der Waals surface area contributed by atoms with Crippen molar-refractivity contribution < 1.29 is 14.4 Å². The van der Waals surface area contributed by atoms with Crippen LogP contribution in [0.4, 0.5) is 5.69 Å². The Hall–Kier alpha value is -3.57. The highest BCUT2D eigenvalue weighted by Gasteiger charge is 2.40. The highest BCUT2D eigenvalue weighted by molar-refractivity contribution is 6.09. The maximum Gasteiger partial charge on any atom is 0.238 e. The Morgan fingerprint density at radius 1 is 0.788 bits per heavy atom. The number of hydrogen-bond acceptors (Lipinski definition) is 4. The van der Waals surface area contributed by atoms with Gasteiger partial charge in [-0.1, -0.05) is 60.7 Å². The number of ketones is 2. The molecule has 1 N–H and O–H groups in total. The van der Waals surface area contributed by atoms with Gasteiger partial charge in [0.2, 0.25) is 5.91 Å². The second-order valence-electron chi connectivity index (χ2n) is 8.60. The average Bonchev–Trinajstić information content (AvgIpc) is 2.85. The number of amides is 1. The van der Waals surface area contributed by atoms with Gasteiger partial charge in [-0.15, -0.1) is 0 Å². The third-order valence-corrected chi connectivity index (χ3v) is 6.54. The zero-order valence-electron chi connectivity index (χ0n) is 18.8. The van der Waals surface area contributed by atoms with Crippen LogP contribution in [-0.2, 0) is 15.0 Å². The zero-order valence-corrected chi connectivity index (χ0v) is 18.8.